The molecule has 3 N–H and O–H groups in total. The number of anilines is 2. The summed E-state index contributed by atoms with van der Waals surface area (Å²) >= 11 is 0. The molecule has 0 bridgehead atoms. The molecule has 0 atom stereocenters. The van der Waals surface area contributed by atoms with Crippen LogP contribution in [0.4, 0.5) is 16.2 Å². The Kier molecular flexibility index (Phi) is 3.69. The molecule has 2 rings (SSSR count). The molecule has 0 aromatic heterocycles. The average molecular weight is 262 g/mol. The van der Waals surface area contributed by atoms with Crippen molar-refractivity contribution in [2.75, 3.05) is 11.1 Å². The number of hydrogen-bond donors (Lipinski definition) is 2. The SMILES string of the molecule is CC(C)(C)OC(=O)Nc1cc2c(cc1N)CCCC2. The number of carbonyl (C=O) groups is 1. The predicted molar refractivity (Wildman–Crippen MR) is 77.4 cm³/mol. The van der Waals surface area contributed by atoms with Gasteiger partial charge >= 0.3 is 6.09 Å². The van der Waals surface area contributed by atoms with Gasteiger partial charge in [0, 0.05) is 0 Å². The zero-order valence-electron chi connectivity index (χ0n) is 11.9. The molecule has 0 saturated carbocycles. The van der Waals surface area contributed by atoms with E-state index in [0.29, 0.717) is 11.4 Å². The molecule has 4 heteroatoms. The zero-order valence-corrected chi connectivity index (χ0v) is 11.9. The maximum absolute atomic E-state index is 11.8. The van der Waals surface area contributed by atoms with Crippen LogP contribution in [0.25, 0.3) is 0 Å². The van der Waals surface area contributed by atoms with E-state index >= 15 is 0 Å². The van der Waals surface area contributed by atoms with Gasteiger partial charge in [-0.05, 0) is 69.7 Å². The number of amides is 1. The lowest BCUT2D eigenvalue weighted by Crippen LogP contribution is -2.27. The Morgan fingerprint density at radius 1 is 1.21 bits per heavy atom. The third kappa shape index (κ3) is 3.63. The van der Waals surface area contributed by atoms with Crippen LogP contribution in [0.15, 0.2) is 12.1 Å². The second-order valence-corrected chi connectivity index (χ2v) is 6.04. The summed E-state index contributed by atoms with van der Waals surface area (Å²) in [6, 6.07) is 3.95. The Balaban J connectivity index is 2.14. The minimum atomic E-state index is -0.507. The number of rotatable bonds is 1. The van der Waals surface area contributed by atoms with E-state index in [1.54, 1.807) is 0 Å². The van der Waals surface area contributed by atoms with Crippen molar-refractivity contribution in [2.45, 2.75) is 52.1 Å². The minimum Gasteiger partial charge on any atom is -0.444 e. The van der Waals surface area contributed by atoms with Crippen LogP contribution in [0, 0.1) is 0 Å². The van der Waals surface area contributed by atoms with Gasteiger partial charge in [-0.2, -0.15) is 0 Å². The van der Waals surface area contributed by atoms with E-state index in [1.165, 1.54) is 24.0 Å². The zero-order chi connectivity index (χ0) is 14.0. The summed E-state index contributed by atoms with van der Waals surface area (Å²) in [5.41, 5.74) is 9.32. The van der Waals surface area contributed by atoms with Crippen molar-refractivity contribution < 1.29 is 9.53 Å². The first kappa shape index (κ1) is 13.7. The van der Waals surface area contributed by atoms with Gasteiger partial charge in [0.2, 0.25) is 0 Å². The number of ether oxygens (including phenoxy) is 1. The number of nitrogen functional groups attached to an aromatic ring is 1. The summed E-state index contributed by atoms with van der Waals surface area (Å²) in [6.07, 6.45) is 4.08. The van der Waals surface area contributed by atoms with Crippen molar-refractivity contribution in [3.8, 4) is 0 Å². The highest BCUT2D eigenvalue weighted by molar-refractivity contribution is 5.89. The van der Waals surface area contributed by atoms with Crippen molar-refractivity contribution in [3.63, 3.8) is 0 Å². The molecule has 1 aromatic rings. The molecule has 0 fully saturated rings. The first-order valence-electron chi connectivity index (χ1n) is 6.76. The van der Waals surface area contributed by atoms with Gasteiger partial charge in [0.05, 0.1) is 11.4 Å². The number of nitrogens with two attached hydrogens (primary N) is 1. The van der Waals surface area contributed by atoms with Gasteiger partial charge < -0.3 is 10.5 Å². The van der Waals surface area contributed by atoms with E-state index in [9.17, 15) is 4.79 Å². The first-order valence-corrected chi connectivity index (χ1v) is 6.76. The van der Waals surface area contributed by atoms with E-state index in [0.717, 1.165) is 12.8 Å². The quantitative estimate of drug-likeness (QED) is 0.761. The van der Waals surface area contributed by atoms with Gasteiger partial charge in [-0.1, -0.05) is 0 Å². The molecule has 4 nitrogen and oxygen atoms in total. The van der Waals surface area contributed by atoms with Gasteiger partial charge in [-0.25, -0.2) is 4.79 Å². The standard InChI is InChI=1S/C15H22N2O2/c1-15(2,3)19-14(18)17-13-9-11-7-5-4-6-10(11)8-12(13)16/h8-9H,4-7,16H2,1-3H3,(H,17,18). The molecular weight excluding hydrogens is 240 g/mol. The summed E-state index contributed by atoms with van der Waals surface area (Å²) in [4.78, 5) is 11.8. The fourth-order valence-corrected chi connectivity index (χ4v) is 2.33. The van der Waals surface area contributed by atoms with E-state index in [4.69, 9.17) is 10.5 Å². The van der Waals surface area contributed by atoms with Crippen LogP contribution in [0.3, 0.4) is 0 Å². The number of benzene rings is 1. The Morgan fingerprint density at radius 2 is 1.79 bits per heavy atom. The average Bonchev–Trinajstić information content (AvgIpc) is 2.27. The van der Waals surface area contributed by atoms with Crippen LogP contribution >= 0.6 is 0 Å². The smallest absolute Gasteiger partial charge is 0.412 e. The topological polar surface area (TPSA) is 64.3 Å². The van der Waals surface area contributed by atoms with E-state index < -0.39 is 11.7 Å². The molecule has 1 aliphatic carbocycles. The normalized spacial score (nSPS) is 14.7. The number of nitrogens with one attached hydrogen (secondary N) is 1. The number of aryl methyl sites for hydroxylation is 2. The highest BCUT2D eigenvalue weighted by Crippen LogP contribution is 2.29. The monoisotopic (exact) mass is 262 g/mol. The van der Waals surface area contributed by atoms with Gasteiger partial charge in [-0.15, -0.1) is 0 Å². The molecule has 0 spiro atoms. The van der Waals surface area contributed by atoms with Crippen LogP contribution < -0.4 is 11.1 Å². The molecule has 0 heterocycles. The minimum absolute atomic E-state index is 0.463. The van der Waals surface area contributed by atoms with Crippen LogP contribution in [0.1, 0.15) is 44.7 Å². The lowest BCUT2D eigenvalue weighted by atomic mass is 9.91. The van der Waals surface area contributed by atoms with Crippen molar-refractivity contribution >= 4 is 17.5 Å². The lowest BCUT2D eigenvalue weighted by Gasteiger charge is -2.22. The summed E-state index contributed by atoms with van der Waals surface area (Å²) in [5, 5.41) is 2.73. The number of hydrogen-bond acceptors (Lipinski definition) is 3. The van der Waals surface area contributed by atoms with Crippen LogP contribution in [-0.2, 0) is 17.6 Å². The Bertz CT molecular complexity index is 490. The Morgan fingerprint density at radius 3 is 2.37 bits per heavy atom. The third-order valence-corrected chi connectivity index (χ3v) is 3.15. The lowest BCUT2D eigenvalue weighted by molar-refractivity contribution is 0.0636. The van der Waals surface area contributed by atoms with E-state index in [2.05, 4.69) is 5.32 Å². The van der Waals surface area contributed by atoms with Crippen molar-refractivity contribution in [2.24, 2.45) is 0 Å². The predicted octanol–water partition coefficient (Wildman–Crippen LogP) is 3.49. The molecule has 0 aliphatic heterocycles. The Hall–Kier alpha value is -1.71. The molecule has 1 aromatic carbocycles. The molecular formula is C15H22N2O2. The van der Waals surface area contributed by atoms with Crippen LogP contribution in [0.2, 0.25) is 0 Å². The van der Waals surface area contributed by atoms with E-state index in [1.807, 2.05) is 32.9 Å². The summed E-state index contributed by atoms with van der Waals surface area (Å²) in [5.74, 6) is 0. The van der Waals surface area contributed by atoms with Crippen molar-refractivity contribution in [1.82, 2.24) is 0 Å². The van der Waals surface area contributed by atoms with E-state index in [-0.39, 0.29) is 0 Å². The van der Waals surface area contributed by atoms with Crippen molar-refractivity contribution in [1.29, 1.82) is 0 Å². The molecule has 0 saturated heterocycles. The Labute approximate surface area is 114 Å². The number of carbonyl (C=O) groups excluding carboxylic acids is 1. The largest absolute Gasteiger partial charge is 0.444 e. The molecule has 1 amide bonds. The van der Waals surface area contributed by atoms with Gasteiger partial charge in [0.15, 0.2) is 0 Å². The molecule has 19 heavy (non-hydrogen) atoms. The van der Waals surface area contributed by atoms with Gasteiger partial charge in [0.25, 0.3) is 0 Å². The maximum Gasteiger partial charge on any atom is 0.412 e. The molecule has 0 unspecified atom stereocenters. The summed E-state index contributed by atoms with van der Waals surface area (Å²) < 4.78 is 5.24. The first-order chi connectivity index (χ1) is 8.85. The maximum atomic E-state index is 11.8. The summed E-state index contributed by atoms with van der Waals surface area (Å²) in [6.45, 7) is 5.51. The fraction of sp³-hybridized carbons (Fsp3) is 0.533. The molecule has 1 aliphatic rings. The van der Waals surface area contributed by atoms with Gasteiger partial charge in [0.1, 0.15) is 5.60 Å². The second-order valence-electron chi connectivity index (χ2n) is 6.04. The summed E-state index contributed by atoms with van der Waals surface area (Å²) in [7, 11) is 0. The van der Waals surface area contributed by atoms with Gasteiger partial charge in [-0.3, -0.25) is 5.32 Å². The second kappa shape index (κ2) is 5.11. The highest BCUT2D eigenvalue weighted by Gasteiger charge is 2.18. The fourth-order valence-electron chi connectivity index (χ4n) is 2.33. The van der Waals surface area contributed by atoms with Crippen molar-refractivity contribution in [3.05, 3.63) is 23.3 Å². The van der Waals surface area contributed by atoms with Crippen LogP contribution in [-0.4, -0.2) is 11.7 Å². The van der Waals surface area contributed by atoms with Crippen LogP contribution in [0.5, 0.6) is 0 Å². The highest BCUT2D eigenvalue weighted by atomic mass is 16.6. The molecule has 104 valence electrons. The molecule has 0 radical (unpaired) electrons. The number of fused-ring (bicyclic) bond motifs is 1. The third-order valence-electron chi connectivity index (χ3n) is 3.15.